The summed E-state index contributed by atoms with van der Waals surface area (Å²) in [6.07, 6.45) is 3.17. The number of hydrogen-bond donors (Lipinski definition) is 1. The summed E-state index contributed by atoms with van der Waals surface area (Å²) >= 11 is 1.32. The van der Waals surface area contributed by atoms with E-state index in [0.717, 1.165) is 37.1 Å². The Hall–Kier alpha value is -3.20. The summed E-state index contributed by atoms with van der Waals surface area (Å²) in [5, 5.41) is 14.8. The van der Waals surface area contributed by atoms with E-state index in [-0.39, 0.29) is 11.3 Å². The maximum Gasteiger partial charge on any atom is 0.293 e. The minimum absolute atomic E-state index is 0.0504. The third kappa shape index (κ3) is 3.86. The van der Waals surface area contributed by atoms with Crippen LogP contribution in [0.5, 0.6) is 5.75 Å². The number of thiazole rings is 1. The zero-order chi connectivity index (χ0) is 20.4. The van der Waals surface area contributed by atoms with Gasteiger partial charge in [-0.3, -0.25) is 20.2 Å². The van der Waals surface area contributed by atoms with E-state index in [1.165, 1.54) is 17.4 Å². The topological polar surface area (TPSA) is 97.6 Å². The van der Waals surface area contributed by atoms with E-state index < -0.39 is 10.8 Å². The molecule has 1 aromatic heterocycles. The Morgan fingerprint density at radius 1 is 1.24 bits per heavy atom. The largest absolute Gasteiger partial charge is 0.494 e. The molecule has 2 aromatic carbocycles. The Balaban J connectivity index is 1.60. The molecule has 8 nitrogen and oxygen atoms in total. The van der Waals surface area contributed by atoms with E-state index in [1.807, 2.05) is 17.0 Å². The number of fused-ring (bicyclic) bond motifs is 1. The van der Waals surface area contributed by atoms with Crippen LogP contribution in [0, 0.1) is 10.1 Å². The zero-order valence-corrected chi connectivity index (χ0v) is 16.7. The van der Waals surface area contributed by atoms with Gasteiger partial charge >= 0.3 is 0 Å². The normalized spacial score (nSPS) is 14.0. The van der Waals surface area contributed by atoms with E-state index in [9.17, 15) is 14.9 Å². The molecule has 9 heteroatoms. The highest BCUT2D eigenvalue weighted by Gasteiger charge is 2.23. The molecule has 0 atom stereocenters. The molecule has 0 bridgehead atoms. The summed E-state index contributed by atoms with van der Waals surface area (Å²) in [4.78, 5) is 30.3. The van der Waals surface area contributed by atoms with E-state index in [0.29, 0.717) is 22.1 Å². The highest BCUT2D eigenvalue weighted by Crippen LogP contribution is 2.34. The van der Waals surface area contributed by atoms with Crippen molar-refractivity contribution in [3.05, 3.63) is 52.1 Å². The molecule has 0 spiro atoms. The van der Waals surface area contributed by atoms with E-state index >= 15 is 0 Å². The number of piperidine rings is 1. The van der Waals surface area contributed by atoms with Crippen LogP contribution < -0.4 is 15.0 Å². The van der Waals surface area contributed by atoms with E-state index in [1.54, 1.807) is 25.3 Å². The maximum atomic E-state index is 12.7. The number of amides is 1. The predicted octanol–water partition coefficient (Wildman–Crippen LogP) is 4.46. The van der Waals surface area contributed by atoms with Crippen molar-refractivity contribution in [3.63, 3.8) is 0 Å². The molecule has 0 unspecified atom stereocenters. The van der Waals surface area contributed by atoms with Crippen LogP contribution in [-0.4, -0.2) is 36.0 Å². The highest BCUT2D eigenvalue weighted by molar-refractivity contribution is 7.22. The molecule has 1 fully saturated rings. The molecule has 29 heavy (non-hydrogen) atoms. The van der Waals surface area contributed by atoms with Gasteiger partial charge in [0.1, 0.15) is 17.0 Å². The molecule has 1 N–H and O–H groups in total. The van der Waals surface area contributed by atoms with Crippen LogP contribution in [0.25, 0.3) is 10.2 Å². The third-order valence-corrected chi connectivity index (χ3v) is 5.89. The number of para-hydroxylation sites is 1. The number of benzene rings is 2. The summed E-state index contributed by atoms with van der Waals surface area (Å²) < 4.78 is 6.18. The molecule has 1 aliphatic heterocycles. The van der Waals surface area contributed by atoms with Gasteiger partial charge in [0.25, 0.3) is 11.6 Å². The first-order chi connectivity index (χ1) is 14.1. The number of nitrogens with zero attached hydrogens (tertiary/aromatic N) is 3. The molecule has 0 aliphatic carbocycles. The summed E-state index contributed by atoms with van der Waals surface area (Å²) in [6, 6.07) is 10.2. The first-order valence-electron chi connectivity index (χ1n) is 9.35. The molecule has 1 aliphatic rings. The fourth-order valence-corrected chi connectivity index (χ4v) is 4.40. The average molecular weight is 412 g/mol. The van der Waals surface area contributed by atoms with Crippen molar-refractivity contribution < 1.29 is 14.5 Å². The van der Waals surface area contributed by atoms with Gasteiger partial charge in [-0.2, -0.15) is 0 Å². The van der Waals surface area contributed by atoms with Gasteiger partial charge < -0.3 is 9.64 Å². The molecule has 0 saturated carbocycles. The van der Waals surface area contributed by atoms with Gasteiger partial charge in [0.2, 0.25) is 0 Å². The van der Waals surface area contributed by atoms with Crippen molar-refractivity contribution in [2.75, 3.05) is 30.4 Å². The molecule has 1 amide bonds. The van der Waals surface area contributed by atoms with Crippen molar-refractivity contribution in [2.45, 2.75) is 19.3 Å². The molecule has 0 radical (unpaired) electrons. The number of aromatic nitrogens is 1. The summed E-state index contributed by atoms with van der Waals surface area (Å²) in [5.41, 5.74) is 1.41. The van der Waals surface area contributed by atoms with Crippen molar-refractivity contribution in [1.82, 2.24) is 4.98 Å². The van der Waals surface area contributed by atoms with Gasteiger partial charge in [-0.25, -0.2) is 4.98 Å². The number of hydrogen-bond acceptors (Lipinski definition) is 7. The smallest absolute Gasteiger partial charge is 0.293 e. The number of nitro benzene ring substituents is 1. The van der Waals surface area contributed by atoms with E-state index in [4.69, 9.17) is 4.74 Å². The molecule has 2 heterocycles. The molecule has 1 saturated heterocycles. The Morgan fingerprint density at radius 2 is 2.03 bits per heavy atom. The number of rotatable bonds is 5. The number of nitrogens with one attached hydrogen (secondary N) is 1. The first-order valence-corrected chi connectivity index (χ1v) is 10.2. The summed E-state index contributed by atoms with van der Waals surface area (Å²) in [5.74, 6) is 0.192. The fraction of sp³-hybridized carbons (Fsp3) is 0.300. The van der Waals surface area contributed by atoms with Crippen LogP contribution in [0.3, 0.4) is 0 Å². The molecule has 4 rings (SSSR count). The Morgan fingerprint density at radius 3 is 2.76 bits per heavy atom. The van der Waals surface area contributed by atoms with Crippen LogP contribution >= 0.6 is 11.3 Å². The first kappa shape index (κ1) is 19.1. The van der Waals surface area contributed by atoms with Gasteiger partial charge in [-0.1, -0.05) is 17.4 Å². The SMILES string of the molecule is COc1cccc2sc(NC(=O)c3ccc(N4CCCCC4)c([N+](=O)[O-])c3)nc12. The van der Waals surface area contributed by atoms with Crippen molar-refractivity contribution in [3.8, 4) is 5.75 Å². The van der Waals surface area contributed by atoms with E-state index in [2.05, 4.69) is 10.3 Å². The van der Waals surface area contributed by atoms with Gasteiger partial charge in [0.15, 0.2) is 5.13 Å². The van der Waals surface area contributed by atoms with Crippen LogP contribution in [0.15, 0.2) is 36.4 Å². The minimum Gasteiger partial charge on any atom is -0.494 e. The van der Waals surface area contributed by atoms with Crippen LogP contribution in [0.4, 0.5) is 16.5 Å². The predicted molar refractivity (Wildman–Crippen MR) is 113 cm³/mol. The van der Waals surface area contributed by atoms with Crippen LogP contribution in [-0.2, 0) is 0 Å². The van der Waals surface area contributed by atoms with Gasteiger partial charge in [-0.15, -0.1) is 0 Å². The Kier molecular flexibility index (Phi) is 5.30. The second-order valence-corrected chi connectivity index (χ2v) is 7.82. The second-order valence-electron chi connectivity index (χ2n) is 6.79. The van der Waals surface area contributed by atoms with Crippen LogP contribution in [0.1, 0.15) is 29.6 Å². The number of carbonyl (C=O) groups is 1. The zero-order valence-electron chi connectivity index (χ0n) is 15.9. The quantitative estimate of drug-likeness (QED) is 0.491. The van der Waals surface area contributed by atoms with Gasteiger partial charge in [0, 0.05) is 24.7 Å². The molecular weight excluding hydrogens is 392 g/mol. The lowest BCUT2D eigenvalue weighted by atomic mass is 10.1. The number of anilines is 2. The lowest BCUT2D eigenvalue weighted by Crippen LogP contribution is -2.30. The summed E-state index contributed by atoms with van der Waals surface area (Å²) in [6.45, 7) is 1.58. The number of methoxy groups -OCH3 is 1. The Bertz CT molecular complexity index is 1080. The number of ether oxygens (including phenoxy) is 1. The average Bonchev–Trinajstić information content (AvgIpc) is 3.16. The third-order valence-electron chi connectivity index (χ3n) is 4.95. The van der Waals surface area contributed by atoms with Crippen molar-refractivity contribution in [2.24, 2.45) is 0 Å². The lowest BCUT2D eigenvalue weighted by Gasteiger charge is -2.28. The highest BCUT2D eigenvalue weighted by atomic mass is 32.1. The lowest BCUT2D eigenvalue weighted by molar-refractivity contribution is -0.384. The summed E-state index contributed by atoms with van der Waals surface area (Å²) in [7, 11) is 1.56. The molecular formula is C20H20N4O4S. The minimum atomic E-state index is -0.434. The van der Waals surface area contributed by atoms with Crippen molar-refractivity contribution in [1.29, 1.82) is 0 Å². The maximum absolute atomic E-state index is 12.7. The molecule has 150 valence electrons. The standard InChI is InChI=1S/C20H20N4O4S/c1-28-16-6-5-7-17-18(16)21-20(29-17)22-19(25)13-8-9-14(15(12-13)24(26)27)23-10-3-2-4-11-23/h5-9,12H,2-4,10-11H2,1H3,(H,21,22,25). The fourth-order valence-electron chi connectivity index (χ4n) is 3.52. The number of nitro groups is 1. The number of carbonyl (C=O) groups excluding carboxylic acids is 1. The molecule has 3 aromatic rings. The Labute approximate surface area is 171 Å². The van der Waals surface area contributed by atoms with Crippen molar-refractivity contribution >= 4 is 44.0 Å². The van der Waals surface area contributed by atoms with Gasteiger partial charge in [-0.05, 0) is 43.5 Å². The second kappa shape index (κ2) is 8.04. The monoisotopic (exact) mass is 412 g/mol. The van der Waals surface area contributed by atoms with Gasteiger partial charge in [0.05, 0.1) is 16.7 Å². The van der Waals surface area contributed by atoms with Crippen LogP contribution in [0.2, 0.25) is 0 Å².